The summed E-state index contributed by atoms with van der Waals surface area (Å²) in [4.78, 5) is 5.37. The Balaban J connectivity index is 1.26. The average molecular weight is 600 g/mol. The summed E-state index contributed by atoms with van der Waals surface area (Å²) in [7, 11) is 0. The van der Waals surface area contributed by atoms with Gasteiger partial charge < -0.3 is 0 Å². The van der Waals surface area contributed by atoms with E-state index in [-0.39, 0.29) is 5.41 Å². The zero-order valence-corrected chi connectivity index (χ0v) is 26.5. The molecule has 0 spiro atoms. The number of pyridine rings is 1. The van der Waals surface area contributed by atoms with Crippen LogP contribution in [0.3, 0.4) is 0 Å². The van der Waals surface area contributed by atoms with Crippen LogP contribution in [0, 0.1) is 0 Å². The van der Waals surface area contributed by atoms with Crippen LogP contribution in [0.15, 0.2) is 164 Å². The Kier molecular flexibility index (Phi) is 6.23. The average Bonchev–Trinajstić information content (AvgIpc) is 3.37. The summed E-state index contributed by atoms with van der Waals surface area (Å²) in [6, 6.07) is 59.5. The molecule has 1 aromatic heterocycles. The van der Waals surface area contributed by atoms with Crippen LogP contribution in [0.25, 0.3) is 77.4 Å². The molecule has 222 valence electrons. The van der Waals surface area contributed by atoms with Crippen molar-refractivity contribution in [3.8, 4) is 55.8 Å². The van der Waals surface area contributed by atoms with Crippen LogP contribution in [0.4, 0.5) is 0 Å². The number of benzene rings is 7. The van der Waals surface area contributed by atoms with Gasteiger partial charge in [0.25, 0.3) is 0 Å². The molecule has 1 nitrogen and oxygen atoms in total. The minimum atomic E-state index is -0.188. The van der Waals surface area contributed by atoms with Gasteiger partial charge in [0.1, 0.15) is 0 Å². The highest BCUT2D eigenvalue weighted by atomic mass is 14.7. The second kappa shape index (κ2) is 10.6. The fraction of sp³-hybridized carbons (Fsp3) is 0.0652. The third-order valence-corrected chi connectivity index (χ3v) is 10.0. The molecule has 0 saturated carbocycles. The van der Waals surface area contributed by atoms with Crippen LogP contribution < -0.4 is 0 Å². The molecular weight excluding hydrogens is 567 g/mol. The molecule has 0 fully saturated rings. The standard InChI is InChI=1S/C46H33N/c1-46(2)40-20-12-11-19-39(40)45-44(46)42(43-38-18-10-9-17-33(38)25-26-41(43)47-45)34-23-21-32(22-24-34)37-28-35(30-13-5-3-6-14-30)27-36(29-37)31-15-7-4-8-16-31/h3-29H,1-2H3. The summed E-state index contributed by atoms with van der Waals surface area (Å²) in [5, 5.41) is 3.71. The van der Waals surface area contributed by atoms with Crippen molar-refractivity contribution in [2.75, 3.05) is 0 Å². The molecule has 7 aromatic carbocycles. The number of nitrogens with zero attached hydrogens (tertiary/aromatic N) is 1. The van der Waals surface area contributed by atoms with Crippen LogP contribution in [-0.2, 0) is 5.41 Å². The second-order valence-electron chi connectivity index (χ2n) is 13.2. The number of fused-ring (bicyclic) bond motifs is 6. The number of rotatable bonds is 4. The lowest BCUT2D eigenvalue weighted by Crippen LogP contribution is -2.16. The van der Waals surface area contributed by atoms with Crippen molar-refractivity contribution >= 4 is 21.7 Å². The van der Waals surface area contributed by atoms with Gasteiger partial charge in [0.15, 0.2) is 0 Å². The SMILES string of the molecule is CC1(C)c2ccccc2-c2nc3ccc4ccccc4c3c(-c3ccc(-c4cc(-c5ccccc5)cc(-c5ccccc5)c4)cc3)c21. The van der Waals surface area contributed by atoms with E-state index in [1.807, 2.05) is 0 Å². The highest BCUT2D eigenvalue weighted by Crippen LogP contribution is 2.54. The zero-order chi connectivity index (χ0) is 31.5. The topological polar surface area (TPSA) is 12.9 Å². The second-order valence-corrected chi connectivity index (χ2v) is 13.2. The Bertz CT molecular complexity index is 2400. The molecule has 1 heteroatoms. The van der Waals surface area contributed by atoms with Gasteiger partial charge in [-0.2, -0.15) is 0 Å². The lowest BCUT2D eigenvalue weighted by molar-refractivity contribution is 0.662. The van der Waals surface area contributed by atoms with E-state index in [1.165, 1.54) is 77.4 Å². The maximum absolute atomic E-state index is 5.37. The fourth-order valence-corrected chi connectivity index (χ4v) is 7.72. The molecule has 0 atom stereocenters. The van der Waals surface area contributed by atoms with Crippen molar-refractivity contribution in [2.24, 2.45) is 0 Å². The van der Waals surface area contributed by atoms with E-state index in [0.717, 1.165) is 11.2 Å². The molecule has 0 bridgehead atoms. The molecule has 8 aromatic rings. The molecule has 1 aliphatic carbocycles. The molecule has 1 heterocycles. The van der Waals surface area contributed by atoms with Gasteiger partial charge in [0.05, 0.1) is 11.2 Å². The smallest absolute Gasteiger partial charge is 0.0759 e. The molecule has 9 rings (SSSR count). The lowest BCUT2D eigenvalue weighted by atomic mass is 9.78. The molecule has 0 amide bonds. The third-order valence-electron chi connectivity index (χ3n) is 10.0. The van der Waals surface area contributed by atoms with Gasteiger partial charge in [0.2, 0.25) is 0 Å². The zero-order valence-electron chi connectivity index (χ0n) is 26.5. The minimum Gasteiger partial charge on any atom is -0.247 e. The summed E-state index contributed by atoms with van der Waals surface area (Å²) in [6.07, 6.45) is 0. The van der Waals surface area contributed by atoms with Crippen LogP contribution in [-0.4, -0.2) is 4.98 Å². The fourth-order valence-electron chi connectivity index (χ4n) is 7.72. The molecule has 0 unspecified atom stereocenters. The Labute approximate surface area is 275 Å². The van der Waals surface area contributed by atoms with Crippen molar-refractivity contribution < 1.29 is 0 Å². The molecule has 47 heavy (non-hydrogen) atoms. The van der Waals surface area contributed by atoms with E-state index in [2.05, 4.69) is 178 Å². The monoisotopic (exact) mass is 599 g/mol. The van der Waals surface area contributed by atoms with Gasteiger partial charge in [0, 0.05) is 16.4 Å². The van der Waals surface area contributed by atoms with Crippen LogP contribution >= 0.6 is 0 Å². The largest absolute Gasteiger partial charge is 0.247 e. The lowest BCUT2D eigenvalue weighted by Gasteiger charge is -2.25. The highest BCUT2D eigenvalue weighted by molar-refractivity contribution is 6.15. The van der Waals surface area contributed by atoms with Crippen molar-refractivity contribution in [2.45, 2.75) is 19.3 Å². The van der Waals surface area contributed by atoms with Gasteiger partial charge in [-0.05, 0) is 90.7 Å². The van der Waals surface area contributed by atoms with E-state index in [1.54, 1.807) is 0 Å². The molecule has 0 radical (unpaired) electrons. The molecule has 1 aliphatic rings. The Morgan fingerprint density at radius 3 is 1.64 bits per heavy atom. The van der Waals surface area contributed by atoms with Crippen molar-refractivity contribution in [3.05, 3.63) is 175 Å². The van der Waals surface area contributed by atoms with Crippen LogP contribution in [0.1, 0.15) is 25.0 Å². The first-order chi connectivity index (χ1) is 23.1. The van der Waals surface area contributed by atoms with E-state index >= 15 is 0 Å². The minimum absolute atomic E-state index is 0.188. The summed E-state index contributed by atoms with van der Waals surface area (Å²) in [6.45, 7) is 4.71. The summed E-state index contributed by atoms with van der Waals surface area (Å²) >= 11 is 0. The van der Waals surface area contributed by atoms with E-state index in [0.29, 0.717) is 0 Å². The predicted molar refractivity (Wildman–Crippen MR) is 199 cm³/mol. The first-order valence-electron chi connectivity index (χ1n) is 16.4. The Hall–Kier alpha value is -5.79. The Morgan fingerprint density at radius 1 is 0.447 bits per heavy atom. The normalized spacial score (nSPS) is 13.1. The number of hydrogen-bond donors (Lipinski definition) is 0. The number of aromatic nitrogens is 1. The third kappa shape index (κ3) is 4.42. The van der Waals surface area contributed by atoms with E-state index in [4.69, 9.17) is 4.98 Å². The van der Waals surface area contributed by atoms with Crippen molar-refractivity contribution in [1.82, 2.24) is 4.98 Å². The van der Waals surface area contributed by atoms with Crippen molar-refractivity contribution in [3.63, 3.8) is 0 Å². The van der Waals surface area contributed by atoms with Gasteiger partial charge in [-0.15, -0.1) is 0 Å². The molecule has 0 saturated heterocycles. The van der Waals surface area contributed by atoms with Gasteiger partial charge in [-0.3, -0.25) is 0 Å². The molecule has 0 aliphatic heterocycles. The van der Waals surface area contributed by atoms with Crippen LogP contribution in [0.2, 0.25) is 0 Å². The van der Waals surface area contributed by atoms with Gasteiger partial charge in [-0.25, -0.2) is 4.98 Å². The number of hydrogen-bond acceptors (Lipinski definition) is 1. The first kappa shape index (κ1) is 27.5. The highest BCUT2D eigenvalue weighted by Gasteiger charge is 2.39. The van der Waals surface area contributed by atoms with E-state index in [9.17, 15) is 0 Å². The maximum atomic E-state index is 5.37. The van der Waals surface area contributed by atoms with Crippen molar-refractivity contribution in [1.29, 1.82) is 0 Å². The Morgan fingerprint density at radius 2 is 0.979 bits per heavy atom. The predicted octanol–water partition coefficient (Wildman–Crippen LogP) is 12.4. The van der Waals surface area contributed by atoms with E-state index < -0.39 is 0 Å². The summed E-state index contributed by atoms with van der Waals surface area (Å²) in [5.41, 5.74) is 15.6. The molecule has 0 N–H and O–H groups in total. The van der Waals surface area contributed by atoms with Gasteiger partial charge >= 0.3 is 0 Å². The van der Waals surface area contributed by atoms with Crippen LogP contribution in [0.5, 0.6) is 0 Å². The first-order valence-corrected chi connectivity index (χ1v) is 16.4. The summed E-state index contributed by atoms with van der Waals surface area (Å²) < 4.78 is 0. The maximum Gasteiger partial charge on any atom is 0.0759 e. The van der Waals surface area contributed by atoms with Gasteiger partial charge in [-0.1, -0.05) is 153 Å². The molecular formula is C46H33N. The quantitative estimate of drug-likeness (QED) is 0.183. The summed E-state index contributed by atoms with van der Waals surface area (Å²) in [5.74, 6) is 0.